The van der Waals surface area contributed by atoms with Gasteiger partial charge in [0.15, 0.2) is 0 Å². The lowest BCUT2D eigenvalue weighted by Gasteiger charge is -2.15. The number of rotatable bonds is 29. The highest BCUT2D eigenvalue weighted by atomic mass is 16.6. The molecular formula is C38H62O4. The van der Waals surface area contributed by atoms with Gasteiger partial charge in [-0.05, 0) is 70.6 Å². The zero-order valence-electron chi connectivity index (χ0n) is 27.0. The molecule has 238 valence electrons. The number of esters is 1. The second-order valence-corrected chi connectivity index (χ2v) is 10.5. The van der Waals surface area contributed by atoms with Crippen LogP contribution in [0.5, 0.6) is 0 Å². The first kappa shape index (κ1) is 39.6. The van der Waals surface area contributed by atoms with Crippen molar-refractivity contribution in [3.63, 3.8) is 0 Å². The molecule has 0 heterocycles. The molecular weight excluding hydrogens is 520 g/mol. The van der Waals surface area contributed by atoms with Gasteiger partial charge in [-0.3, -0.25) is 4.79 Å². The SMILES string of the molecule is CC/C=C\C/C=C\C/C=C\C/C=C\C/C=C\C/C=C\C/C=C\CCCCOCC(CO)OC(=O)CCCCCCCC. The summed E-state index contributed by atoms with van der Waals surface area (Å²) >= 11 is 0. The lowest BCUT2D eigenvalue weighted by atomic mass is 10.1. The summed E-state index contributed by atoms with van der Waals surface area (Å²) in [5.74, 6) is -0.231. The fourth-order valence-electron chi connectivity index (χ4n) is 4.01. The topological polar surface area (TPSA) is 55.8 Å². The molecule has 0 aromatic rings. The van der Waals surface area contributed by atoms with Crippen molar-refractivity contribution in [3.05, 3.63) is 85.1 Å². The molecule has 4 nitrogen and oxygen atoms in total. The summed E-state index contributed by atoms with van der Waals surface area (Å²) in [6.45, 7) is 5.04. The largest absolute Gasteiger partial charge is 0.457 e. The Balaban J connectivity index is 3.62. The van der Waals surface area contributed by atoms with Crippen molar-refractivity contribution < 1.29 is 19.4 Å². The second-order valence-electron chi connectivity index (χ2n) is 10.5. The third-order valence-corrected chi connectivity index (χ3v) is 6.48. The van der Waals surface area contributed by atoms with Crippen LogP contribution in [0.15, 0.2) is 85.1 Å². The molecule has 4 heteroatoms. The molecule has 1 unspecified atom stereocenters. The number of aliphatic hydroxyl groups is 1. The van der Waals surface area contributed by atoms with Gasteiger partial charge in [0, 0.05) is 13.0 Å². The van der Waals surface area contributed by atoms with Crippen molar-refractivity contribution in [2.45, 2.75) is 129 Å². The van der Waals surface area contributed by atoms with E-state index in [1.807, 2.05) is 0 Å². The molecule has 0 saturated heterocycles. The Bertz CT molecular complexity index is 785. The first-order chi connectivity index (χ1) is 20.7. The third-order valence-electron chi connectivity index (χ3n) is 6.48. The number of ether oxygens (including phenoxy) is 2. The highest BCUT2D eigenvalue weighted by Crippen LogP contribution is 2.08. The predicted molar refractivity (Wildman–Crippen MR) is 182 cm³/mol. The molecule has 0 aromatic carbocycles. The molecule has 1 atom stereocenters. The van der Waals surface area contributed by atoms with Gasteiger partial charge in [0.2, 0.25) is 0 Å². The molecule has 0 aliphatic heterocycles. The van der Waals surface area contributed by atoms with Crippen molar-refractivity contribution >= 4 is 5.97 Å². The first-order valence-corrected chi connectivity index (χ1v) is 16.7. The van der Waals surface area contributed by atoms with E-state index in [4.69, 9.17) is 9.47 Å². The van der Waals surface area contributed by atoms with Crippen molar-refractivity contribution in [1.29, 1.82) is 0 Å². The number of hydrogen-bond acceptors (Lipinski definition) is 4. The summed E-state index contributed by atoms with van der Waals surface area (Å²) < 4.78 is 11.0. The van der Waals surface area contributed by atoms with Gasteiger partial charge in [-0.2, -0.15) is 0 Å². The fourth-order valence-corrected chi connectivity index (χ4v) is 4.01. The van der Waals surface area contributed by atoms with Crippen LogP contribution < -0.4 is 0 Å². The standard InChI is InChI=1S/C38H62O4/c1-3-5-7-9-11-12-13-14-15-16-17-18-19-20-21-22-23-24-25-26-27-28-30-32-34-41-36-37(35-39)42-38(40)33-31-29-10-8-6-4-2/h5,7,11-12,14-15,17-18,20-21,23-24,26-27,37,39H,3-4,6,8-10,13,16,19,22,25,28-36H2,1-2H3/b7-5-,12-11-,15-14-,18-17-,21-20-,24-23-,27-26-. The van der Waals surface area contributed by atoms with Gasteiger partial charge in [0.1, 0.15) is 6.10 Å². The minimum absolute atomic E-state index is 0.195. The maximum atomic E-state index is 11.9. The minimum atomic E-state index is -0.557. The van der Waals surface area contributed by atoms with Crippen LogP contribution in [0, 0.1) is 0 Å². The van der Waals surface area contributed by atoms with Gasteiger partial charge >= 0.3 is 5.97 Å². The Kier molecular flexibility index (Phi) is 32.8. The number of aliphatic hydroxyl groups excluding tert-OH is 1. The van der Waals surface area contributed by atoms with Crippen LogP contribution in [0.2, 0.25) is 0 Å². The van der Waals surface area contributed by atoms with Crippen LogP contribution in [0.25, 0.3) is 0 Å². The maximum Gasteiger partial charge on any atom is 0.306 e. The van der Waals surface area contributed by atoms with Crippen LogP contribution in [-0.4, -0.2) is 37.0 Å². The number of allylic oxidation sites excluding steroid dienone is 14. The Morgan fingerprint density at radius 1 is 0.595 bits per heavy atom. The average Bonchev–Trinajstić information content (AvgIpc) is 3.00. The zero-order valence-corrected chi connectivity index (χ0v) is 27.0. The van der Waals surface area contributed by atoms with Crippen LogP contribution in [0.1, 0.15) is 123 Å². The Morgan fingerprint density at radius 3 is 1.57 bits per heavy atom. The minimum Gasteiger partial charge on any atom is -0.457 e. The zero-order chi connectivity index (χ0) is 30.6. The van der Waals surface area contributed by atoms with Gasteiger partial charge in [-0.25, -0.2) is 0 Å². The summed E-state index contributed by atoms with van der Waals surface area (Å²) in [5.41, 5.74) is 0. The number of unbranched alkanes of at least 4 members (excludes halogenated alkanes) is 7. The van der Waals surface area contributed by atoms with E-state index in [0.29, 0.717) is 13.0 Å². The van der Waals surface area contributed by atoms with Gasteiger partial charge in [0.25, 0.3) is 0 Å². The van der Waals surface area contributed by atoms with Crippen molar-refractivity contribution in [2.24, 2.45) is 0 Å². The normalized spacial score (nSPS) is 13.5. The van der Waals surface area contributed by atoms with E-state index >= 15 is 0 Å². The smallest absolute Gasteiger partial charge is 0.306 e. The number of carbonyl (C=O) groups excluding carboxylic acids is 1. The summed E-state index contributed by atoms with van der Waals surface area (Å²) in [4.78, 5) is 11.9. The molecule has 0 aliphatic rings. The van der Waals surface area contributed by atoms with Gasteiger partial charge in [0.05, 0.1) is 13.2 Å². The maximum absolute atomic E-state index is 11.9. The van der Waals surface area contributed by atoms with Gasteiger partial charge in [-0.15, -0.1) is 0 Å². The highest BCUT2D eigenvalue weighted by Gasteiger charge is 2.13. The van der Waals surface area contributed by atoms with E-state index in [2.05, 4.69) is 98.9 Å². The molecule has 0 radical (unpaired) electrons. The Hall–Kier alpha value is -2.43. The van der Waals surface area contributed by atoms with Crippen molar-refractivity contribution in [2.75, 3.05) is 19.8 Å². The molecule has 42 heavy (non-hydrogen) atoms. The van der Waals surface area contributed by atoms with E-state index in [1.165, 1.54) is 25.7 Å². The number of carbonyl (C=O) groups is 1. The van der Waals surface area contributed by atoms with Crippen LogP contribution in [0.3, 0.4) is 0 Å². The molecule has 1 N–H and O–H groups in total. The van der Waals surface area contributed by atoms with E-state index in [1.54, 1.807) is 0 Å². The molecule has 0 rings (SSSR count). The predicted octanol–water partition coefficient (Wildman–Crippen LogP) is 10.5. The fraction of sp³-hybridized carbons (Fsp3) is 0.605. The van der Waals surface area contributed by atoms with Gasteiger partial charge in [-0.1, -0.05) is 131 Å². The summed E-state index contributed by atoms with van der Waals surface area (Å²) in [5, 5.41) is 9.45. The third kappa shape index (κ3) is 32.1. The molecule has 0 aromatic heterocycles. The van der Waals surface area contributed by atoms with E-state index < -0.39 is 6.10 Å². The molecule has 0 amide bonds. The monoisotopic (exact) mass is 582 g/mol. The number of hydrogen-bond donors (Lipinski definition) is 1. The molecule has 0 fully saturated rings. The van der Waals surface area contributed by atoms with Crippen LogP contribution in [0.4, 0.5) is 0 Å². The van der Waals surface area contributed by atoms with Crippen molar-refractivity contribution in [3.8, 4) is 0 Å². The molecule has 0 spiro atoms. The Morgan fingerprint density at radius 2 is 1.07 bits per heavy atom. The summed E-state index contributed by atoms with van der Waals surface area (Å²) in [7, 11) is 0. The van der Waals surface area contributed by atoms with E-state index in [9.17, 15) is 9.90 Å². The van der Waals surface area contributed by atoms with E-state index in [0.717, 1.165) is 77.0 Å². The quantitative estimate of drug-likeness (QED) is 0.0541. The Labute approximate surface area is 259 Å². The molecule has 0 saturated carbocycles. The molecule has 0 aliphatic carbocycles. The summed E-state index contributed by atoms with van der Waals surface area (Å²) in [6.07, 6.45) is 47.8. The highest BCUT2D eigenvalue weighted by molar-refractivity contribution is 5.69. The average molecular weight is 583 g/mol. The van der Waals surface area contributed by atoms with Gasteiger partial charge < -0.3 is 14.6 Å². The second kappa shape index (κ2) is 34.8. The lowest BCUT2D eigenvalue weighted by Crippen LogP contribution is -2.27. The molecule has 0 bridgehead atoms. The first-order valence-electron chi connectivity index (χ1n) is 16.7. The van der Waals surface area contributed by atoms with E-state index in [-0.39, 0.29) is 19.2 Å². The van der Waals surface area contributed by atoms with Crippen molar-refractivity contribution in [1.82, 2.24) is 0 Å². The lowest BCUT2D eigenvalue weighted by molar-refractivity contribution is -0.154. The van der Waals surface area contributed by atoms with Crippen LogP contribution >= 0.6 is 0 Å². The van der Waals surface area contributed by atoms with Crippen LogP contribution in [-0.2, 0) is 14.3 Å². The summed E-state index contributed by atoms with van der Waals surface area (Å²) in [6, 6.07) is 0.